The van der Waals surface area contributed by atoms with Crippen molar-refractivity contribution in [2.45, 2.75) is 6.18 Å². The van der Waals surface area contributed by atoms with Crippen LogP contribution >= 0.6 is 0 Å². The highest BCUT2D eigenvalue weighted by Crippen LogP contribution is 2.34. The van der Waals surface area contributed by atoms with Crippen LogP contribution in [0.25, 0.3) is 33.4 Å². The first-order valence-corrected chi connectivity index (χ1v) is 23.5. The number of urea groups is 3. The van der Waals surface area contributed by atoms with Gasteiger partial charge in [0, 0.05) is 11.4 Å². The van der Waals surface area contributed by atoms with Crippen LogP contribution in [0.4, 0.5) is 61.7 Å². The van der Waals surface area contributed by atoms with Crippen LogP contribution in [0.1, 0.15) is 5.56 Å². The van der Waals surface area contributed by atoms with Crippen molar-refractivity contribution in [1.29, 1.82) is 0 Å². The number of halogens is 3. The van der Waals surface area contributed by atoms with Crippen molar-refractivity contribution in [2.75, 3.05) is 46.1 Å². The number of phenols is 3. The van der Waals surface area contributed by atoms with E-state index in [1.807, 2.05) is 97.1 Å². The topological polar surface area (TPSA) is 203 Å². The van der Waals surface area contributed by atoms with Gasteiger partial charge in [0.05, 0.1) is 42.5 Å². The number of anilines is 6. The summed E-state index contributed by atoms with van der Waals surface area (Å²) in [5.41, 5.74) is 6.54. The number of carbonyl (C=O) groups is 3. The lowest BCUT2D eigenvalue weighted by Crippen LogP contribution is -2.20. The molecule has 9 aromatic rings. The number of hydrogen-bond acceptors (Lipinski definition) is 8. The minimum absolute atomic E-state index is 0.00422. The zero-order chi connectivity index (χ0) is 54.7. The molecular weight excluding hydrogens is 990 g/mol. The Morgan fingerprint density at radius 2 is 0.753 bits per heavy atom. The minimum atomic E-state index is -4.50. The third-order valence-electron chi connectivity index (χ3n) is 11.2. The van der Waals surface area contributed by atoms with Crippen molar-refractivity contribution < 1.29 is 52.3 Å². The Labute approximate surface area is 441 Å². The number of methoxy groups -OCH3 is 2. The number of rotatable bonds is 11. The summed E-state index contributed by atoms with van der Waals surface area (Å²) in [6, 6.07) is 60.4. The molecule has 0 unspecified atom stereocenters. The van der Waals surface area contributed by atoms with Crippen LogP contribution in [-0.2, 0) is 6.18 Å². The van der Waals surface area contributed by atoms with Crippen molar-refractivity contribution in [1.82, 2.24) is 0 Å². The van der Waals surface area contributed by atoms with Crippen LogP contribution in [0.3, 0.4) is 0 Å². The molecule has 0 saturated carbocycles. The molecule has 0 radical (unpaired) electrons. The highest BCUT2D eigenvalue weighted by Gasteiger charge is 2.30. The predicted octanol–water partition coefficient (Wildman–Crippen LogP) is 15.1. The van der Waals surface area contributed by atoms with Gasteiger partial charge in [-0.2, -0.15) is 13.2 Å². The molecular formula is C60H51F3N6O8. The maximum atomic E-state index is 12.7. The van der Waals surface area contributed by atoms with Gasteiger partial charge in [0.2, 0.25) is 0 Å². The molecule has 9 N–H and O–H groups in total. The van der Waals surface area contributed by atoms with Crippen LogP contribution in [0, 0.1) is 0 Å². The Morgan fingerprint density at radius 1 is 0.364 bits per heavy atom. The van der Waals surface area contributed by atoms with E-state index in [2.05, 4.69) is 31.9 Å². The Kier molecular flexibility index (Phi) is 18.3. The van der Waals surface area contributed by atoms with E-state index < -0.39 is 29.8 Å². The fourth-order valence-corrected chi connectivity index (χ4v) is 7.38. The molecule has 14 nitrogen and oxygen atoms in total. The quantitative estimate of drug-likeness (QED) is 0.0569. The molecule has 0 aromatic heterocycles. The van der Waals surface area contributed by atoms with Gasteiger partial charge in [-0.1, -0.05) is 127 Å². The average Bonchev–Trinajstić information content (AvgIpc) is 3.44. The van der Waals surface area contributed by atoms with E-state index in [0.717, 1.165) is 45.5 Å². The Bertz CT molecular complexity index is 3420. The van der Waals surface area contributed by atoms with Crippen LogP contribution in [0.15, 0.2) is 218 Å². The van der Waals surface area contributed by atoms with Crippen LogP contribution < -0.4 is 41.4 Å². The van der Waals surface area contributed by atoms with E-state index in [-0.39, 0.29) is 28.6 Å². The Morgan fingerprint density at radius 3 is 1.17 bits per heavy atom. The third kappa shape index (κ3) is 15.8. The summed E-state index contributed by atoms with van der Waals surface area (Å²) in [6.45, 7) is 0. The molecule has 6 amide bonds. The van der Waals surface area contributed by atoms with Gasteiger partial charge in [-0.15, -0.1) is 0 Å². The van der Waals surface area contributed by atoms with Crippen LogP contribution in [0.2, 0.25) is 0 Å². The first-order chi connectivity index (χ1) is 37.1. The van der Waals surface area contributed by atoms with E-state index in [1.54, 1.807) is 98.1 Å². The molecule has 0 aliphatic rings. The molecule has 390 valence electrons. The summed E-state index contributed by atoms with van der Waals surface area (Å²) in [5.74, 6) is 1.10. The molecule has 0 saturated heterocycles. The number of phenolic OH excluding ortho intramolecular Hbond substituents is 3. The van der Waals surface area contributed by atoms with Crippen molar-refractivity contribution in [3.8, 4) is 62.1 Å². The summed E-state index contributed by atoms with van der Waals surface area (Å²) in [5, 5.41) is 45.5. The Hall–Kier alpha value is -10.4. The molecule has 0 atom stereocenters. The first-order valence-electron chi connectivity index (χ1n) is 23.5. The standard InChI is InChI=1S/C20H15F3N2O2.2C20H18N2O3/c21-20(22,23)15-7-4-8-16(12-15)24-19(27)25-17-11-14(9-10-18(17)26)13-5-2-1-3-6-13;1-25-19-10-6-5-9-16(19)21-20(24)22-17-13-15(11-12-18(17)23)14-7-3-2-4-8-14;1-25-17-10-8-16(9-11-17)21-20(24)22-18-13-15(7-12-19(18)23)14-5-3-2-4-6-14/h1-12,26H,(H2,24,25,27);2*2-13,23H,1H3,(H2,21,22,24). The minimum Gasteiger partial charge on any atom is -0.506 e. The van der Waals surface area contributed by atoms with E-state index in [1.165, 1.54) is 25.3 Å². The van der Waals surface area contributed by atoms with Gasteiger partial charge in [0.25, 0.3) is 0 Å². The van der Waals surface area contributed by atoms with E-state index >= 15 is 0 Å². The molecule has 77 heavy (non-hydrogen) atoms. The fraction of sp³-hybridized carbons (Fsp3) is 0.0500. The van der Waals surface area contributed by atoms with E-state index in [0.29, 0.717) is 34.2 Å². The van der Waals surface area contributed by atoms with Gasteiger partial charge in [-0.25, -0.2) is 14.4 Å². The van der Waals surface area contributed by atoms with Crippen molar-refractivity contribution in [3.05, 3.63) is 224 Å². The summed E-state index contributed by atoms with van der Waals surface area (Å²) >= 11 is 0. The number of aromatic hydroxyl groups is 3. The highest BCUT2D eigenvalue weighted by atomic mass is 19.4. The van der Waals surface area contributed by atoms with Gasteiger partial charge in [0.15, 0.2) is 0 Å². The van der Waals surface area contributed by atoms with Crippen LogP contribution in [0.5, 0.6) is 28.7 Å². The molecule has 0 spiro atoms. The maximum absolute atomic E-state index is 12.7. The zero-order valence-electron chi connectivity index (χ0n) is 41.3. The highest BCUT2D eigenvalue weighted by molar-refractivity contribution is 6.03. The molecule has 9 aromatic carbocycles. The van der Waals surface area contributed by atoms with Gasteiger partial charge < -0.3 is 56.7 Å². The number of alkyl halides is 3. The lowest BCUT2D eigenvalue weighted by molar-refractivity contribution is -0.137. The summed E-state index contributed by atoms with van der Waals surface area (Å²) in [4.78, 5) is 36.6. The SMILES string of the molecule is COc1ccc(NC(=O)Nc2cc(-c3ccccc3)ccc2O)cc1.COc1ccccc1NC(=O)Nc1cc(-c2ccccc2)ccc1O.O=C(Nc1cccc(C(F)(F)F)c1)Nc1cc(-c2ccccc2)ccc1O. The lowest BCUT2D eigenvalue weighted by Gasteiger charge is -2.12. The van der Waals surface area contributed by atoms with Gasteiger partial charge in [-0.3, -0.25) is 0 Å². The summed E-state index contributed by atoms with van der Waals surface area (Å²) in [7, 11) is 3.12. The number of carbonyl (C=O) groups excluding carboxylic acids is 3. The summed E-state index contributed by atoms with van der Waals surface area (Å²) in [6.07, 6.45) is -4.50. The van der Waals surface area contributed by atoms with Crippen LogP contribution in [-0.4, -0.2) is 47.6 Å². The van der Waals surface area contributed by atoms with E-state index in [9.17, 15) is 42.9 Å². The van der Waals surface area contributed by atoms with E-state index in [4.69, 9.17) is 9.47 Å². The molecule has 17 heteroatoms. The molecule has 0 fully saturated rings. The van der Waals surface area contributed by atoms with Crippen molar-refractivity contribution in [2.24, 2.45) is 0 Å². The fourth-order valence-electron chi connectivity index (χ4n) is 7.38. The monoisotopic (exact) mass is 1040 g/mol. The van der Waals surface area contributed by atoms with Gasteiger partial charge in [0.1, 0.15) is 28.7 Å². The van der Waals surface area contributed by atoms with Crippen molar-refractivity contribution >= 4 is 52.2 Å². The van der Waals surface area contributed by atoms with Crippen molar-refractivity contribution in [3.63, 3.8) is 0 Å². The molecule has 9 rings (SSSR count). The number of para-hydroxylation sites is 2. The second kappa shape index (κ2) is 26.0. The smallest absolute Gasteiger partial charge is 0.416 e. The van der Waals surface area contributed by atoms with Gasteiger partial charge >= 0.3 is 24.3 Å². The number of hydrogen-bond donors (Lipinski definition) is 9. The second-order valence-electron chi connectivity index (χ2n) is 16.5. The lowest BCUT2D eigenvalue weighted by atomic mass is 10.0. The average molecular weight is 1040 g/mol. The number of nitrogens with one attached hydrogen (secondary N) is 6. The molecule has 0 aliphatic heterocycles. The molecule has 0 aliphatic carbocycles. The molecule has 0 bridgehead atoms. The Balaban J connectivity index is 0.000000168. The zero-order valence-corrected chi connectivity index (χ0v) is 41.3. The number of benzene rings is 9. The maximum Gasteiger partial charge on any atom is 0.416 e. The number of ether oxygens (including phenoxy) is 2. The summed E-state index contributed by atoms with van der Waals surface area (Å²) < 4.78 is 48.5. The first kappa shape index (κ1) is 54.4. The van der Waals surface area contributed by atoms with Gasteiger partial charge in [-0.05, 0) is 124 Å². The largest absolute Gasteiger partial charge is 0.506 e. The second-order valence-corrected chi connectivity index (χ2v) is 16.5. The normalized spacial score (nSPS) is 10.5. The molecule has 0 heterocycles. The number of amides is 6. The third-order valence-corrected chi connectivity index (χ3v) is 11.2. The predicted molar refractivity (Wildman–Crippen MR) is 296 cm³/mol.